The van der Waals surface area contributed by atoms with Crippen molar-refractivity contribution in [3.8, 4) is 5.75 Å². The van der Waals surface area contributed by atoms with E-state index in [1.54, 1.807) is 7.11 Å². The van der Waals surface area contributed by atoms with Crippen LogP contribution < -0.4 is 4.74 Å². The van der Waals surface area contributed by atoms with Crippen molar-refractivity contribution in [3.63, 3.8) is 0 Å². The zero-order valence-corrected chi connectivity index (χ0v) is 13.0. The molecule has 1 N–H and O–H groups in total. The Morgan fingerprint density at radius 3 is 2.70 bits per heavy atom. The molecule has 0 aliphatic heterocycles. The van der Waals surface area contributed by atoms with Gasteiger partial charge in [-0.05, 0) is 45.9 Å². The number of aliphatic carboxylic acids is 1. The lowest BCUT2D eigenvalue weighted by molar-refractivity contribution is -0.138. The van der Waals surface area contributed by atoms with E-state index in [4.69, 9.17) is 9.84 Å². The lowest BCUT2D eigenvalue weighted by Gasteiger charge is -2.01. The number of methoxy groups -OCH3 is 1. The molecule has 0 radical (unpaired) electrons. The number of carboxylic acid groups (broad SMARTS) is 1. The Bertz CT molecular complexity index is 721. The van der Waals surface area contributed by atoms with E-state index >= 15 is 0 Å². The minimum absolute atomic E-state index is 0.0614. The molecule has 1 fully saturated rings. The van der Waals surface area contributed by atoms with Crippen LogP contribution in [-0.2, 0) is 4.79 Å². The molecule has 1 aliphatic carbocycles. The molecular formula is C14H11BrO4S. The van der Waals surface area contributed by atoms with E-state index in [1.807, 2.05) is 18.2 Å². The fourth-order valence-electron chi connectivity index (χ4n) is 2.26. The van der Waals surface area contributed by atoms with E-state index in [2.05, 4.69) is 15.9 Å². The molecule has 1 aromatic carbocycles. The predicted molar refractivity (Wildman–Crippen MR) is 79.6 cm³/mol. The molecule has 0 spiro atoms. The number of carboxylic acids is 1. The van der Waals surface area contributed by atoms with Crippen LogP contribution in [0.3, 0.4) is 0 Å². The van der Waals surface area contributed by atoms with Crippen LogP contribution in [0.2, 0.25) is 0 Å². The SMILES string of the molecule is COc1cc2sc(C(=O)[C@@H]3C[C@@H]3C(=O)O)cc2cc1Br. The first-order chi connectivity index (χ1) is 9.51. The highest BCUT2D eigenvalue weighted by Crippen LogP contribution is 2.43. The third-order valence-corrected chi connectivity index (χ3v) is 5.21. The quantitative estimate of drug-likeness (QED) is 0.852. The molecule has 20 heavy (non-hydrogen) atoms. The van der Waals surface area contributed by atoms with E-state index < -0.39 is 11.9 Å². The maximum Gasteiger partial charge on any atom is 0.307 e. The van der Waals surface area contributed by atoms with Crippen molar-refractivity contribution in [2.75, 3.05) is 7.11 Å². The van der Waals surface area contributed by atoms with Gasteiger partial charge < -0.3 is 9.84 Å². The fraction of sp³-hybridized carbons (Fsp3) is 0.286. The Hall–Kier alpha value is -1.40. The second-order valence-electron chi connectivity index (χ2n) is 4.79. The van der Waals surface area contributed by atoms with Gasteiger partial charge in [0.1, 0.15) is 5.75 Å². The number of halogens is 1. The molecule has 3 rings (SSSR count). The lowest BCUT2D eigenvalue weighted by Crippen LogP contribution is -2.06. The summed E-state index contributed by atoms with van der Waals surface area (Å²) in [6.07, 6.45) is 0.454. The van der Waals surface area contributed by atoms with E-state index in [1.165, 1.54) is 11.3 Å². The van der Waals surface area contributed by atoms with Crippen molar-refractivity contribution in [2.45, 2.75) is 6.42 Å². The summed E-state index contributed by atoms with van der Waals surface area (Å²) >= 11 is 4.79. The number of fused-ring (bicyclic) bond motifs is 1. The normalized spacial score (nSPS) is 20.9. The third-order valence-electron chi connectivity index (χ3n) is 3.48. The maximum atomic E-state index is 12.2. The molecule has 0 bridgehead atoms. The van der Waals surface area contributed by atoms with Crippen molar-refractivity contribution < 1.29 is 19.4 Å². The van der Waals surface area contributed by atoms with Gasteiger partial charge in [0.15, 0.2) is 5.78 Å². The van der Waals surface area contributed by atoms with Gasteiger partial charge in [0, 0.05) is 10.6 Å². The number of ether oxygens (including phenoxy) is 1. The predicted octanol–water partition coefficient (Wildman–Crippen LogP) is 3.58. The van der Waals surface area contributed by atoms with Gasteiger partial charge in [-0.1, -0.05) is 0 Å². The molecule has 2 atom stereocenters. The van der Waals surface area contributed by atoms with Gasteiger partial charge >= 0.3 is 5.97 Å². The average Bonchev–Trinajstić information content (AvgIpc) is 3.11. The first kappa shape index (κ1) is 13.6. The van der Waals surface area contributed by atoms with Crippen molar-refractivity contribution >= 4 is 49.1 Å². The number of hydrogen-bond acceptors (Lipinski definition) is 4. The number of benzene rings is 1. The highest BCUT2D eigenvalue weighted by atomic mass is 79.9. The second-order valence-corrected chi connectivity index (χ2v) is 6.72. The molecule has 0 saturated heterocycles. The number of hydrogen-bond donors (Lipinski definition) is 1. The van der Waals surface area contributed by atoms with Crippen LogP contribution in [0.15, 0.2) is 22.7 Å². The summed E-state index contributed by atoms with van der Waals surface area (Å²) in [6.45, 7) is 0. The Morgan fingerprint density at radius 1 is 1.35 bits per heavy atom. The van der Waals surface area contributed by atoms with Crippen LogP contribution in [0.25, 0.3) is 10.1 Å². The van der Waals surface area contributed by atoms with Crippen LogP contribution in [0.5, 0.6) is 5.75 Å². The van der Waals surface area contributed by atoms with Crippen LogP contribution >= 0.6 is 27.3 Å². The van der Waals surface area contributed by atoms with E-state index in [-0.39, 0.29) is 11.7 Å². The summed E-state index contributed by atoms with van der Waals surface area (Å²) in [5, 5.41) is 9.85. The summed E-state index contributed by atoms with van der Waals surface area (Å²) in [7, 11) is 1.59. The Balaban J connectivity index is 1.93. The van der Waals surface area contributed by atoms with Crippen molar-refractivity contribution in [3.05, 3.63) is 27.5 Å². The number of rotatable bonds is 4. The molecule has 1 aromatic heterocycles. The smallest absolute Gasteiger partial charge is 0.307 e. The summed E-state index contributed by atoms with van der Waals surface area (Å²) in [5.74, 6) is -1.09. The van der Waals surface area contributed by atoms with Crippen molar-refractivity contribution in [1.29, 1.82) is 0 Å². The molecule has 0 amide bonds. The minimum Gasteiger partial charge on any atom is -0.496 e. The van der Waals surface area contributed by atoms with Crippen LogP contribution in [0, 0.1) is 11.8 Å². The van der Waals surface area contributed by atoms with Gasteiger partial charge in [-0.3, -0.25) is 9.59 Å². The zero-order chi connectivity index (χ0) is 14.4. The molecule has 104 valence electrons. The zero-order valence-electron chi connectivity index (χ0n) is 10.6. The number of carbonyl (C=O) groups excluding carboxylic acids is 1. The monoisotopic (exact) mass is 354 g/mol. The highest BCUT2D eigenvalue weighted by Gasteiger charge is 2.48. The maximum absolute atomic E-state index is 12.2. The van der Waals surface area contributed by atoms with Crippen molar-refractivity contribution in [2.24, 2.45) is 11.8 Å². The summed E-state index contributed by atoms with van der Waals surface area (Å²) in [4.78, 5) is 23.7. The third kappa shape index (κ3) is 2.23. The second kappa shape index (κ2) is 4.86. The Labute approximate surface area is 127 Å². The van der Waals surface area contributed by atoms with Crippen LogP contribution in [0.1, 0.15) is 16.1 Å². The van der Waals surface area contributed by atoms with Gasteiger partial charge in [-0.25, -0.2) is 0 Å². The standard InChI is InChI=1S/C14H11BrO4S/c1-19-10-5-11-6(2-9(10)15)3-12(20-11)13(16)7-4-8(7)14(17)18/h2-3,5,7-8H,4H2,1H3,(H,17,18)/t7-,8+/m1/s1. The summed E-state index contributed by atoms with van der Waals surface area (Å²) < 4.78 is 7.02. The van der Waals surface area contributed by atoms with Gasteiger partial charge in [-0.15, -0.1) is 11.3 Å². The first-order valence-electron chi connectivity index (χ1n) is 6.05. The first-order valence-corrected chi connectivity index (χ1v) is 7.66. The van der Waals surface area contributed by atoms with Crippen LogP contribution in [-0.4, -0.2) is 24.0 Å². The highest BCUT2D eigenvalue weighted by molar-refractivity contribution is 9.10. The minimum atomic E-state index is -0.881. The molecule has 4 nitrogen and oxygen atoms in total. The summed E-state index contributed by atoms with van der Waals surface area (Å²) in [6, 6.07) is 5.61. The summed E-state index contributed by atoms with van der Waals surface area (Å²) in [5.41, 5.74) is 0. The van der Waals surface area contributed by atoms with Crippen LogP contribution in [0.4, 0.5) is 0 Å². The molecule has 0 unspecified atom stereocenters. The number of Topliss-reactive ketones (excluding diaryl/α,β-unsaturated/α-hetero) is 1. The topological polar surface area (TPSA) is 63.6 Å². The largest absolute Gasteiger partial charge is 0.496 e. The van der Waals surface area contributed by atoms with Gasteiger partial charge in [0.25, 0.3) is 0 Å². The number of carbonyl (C=O) groups is 2. The molecule has 6 heteroatoms. The molecular weight excluding hydrogens is 344 g/mol. The van der Waals surface area contributed by atoms with E-state index in [0.717, 1.165) is 14.6 Å². The average molecular weight is 355 g/mol. The van der Waals surface area contributed by atoms with E-state index in [0.29, 0.717) is 17.0 Å². The number of thiophene rings is 1. The fourth-order valence-corrected chi connectivity index (χ4v) is 3.86. The number of ketones is 1. The van der Waals surface area contributed by atoms with Gasteiger partial charge in [0.2, 0.25) is 0 Å². The van der Waals surface area contributed by atoms with Gasteiger partial charge in [-0.2, -0.15) is 0 Å². The van der Waals surface area contributed by atoms with Gasteiger partial charge in [0.05, 0.1) is 22.4 Å². The van der Waals surface area contributed by atoms with Crippen molar-refractivity contribution in [1.82, 2.24) is 0 Å². The molecule has 2 aromatic rings. The lowest BCUT2D eigenvalue weighted by atomic mass is 10.1. The molecule has 1 aliphatic rings. The molecule has 1 saturated carbocycles. The Kier molecular flexibility index (Phi) is 3.30. The Morgan fingerprint density at radius 2 is 2.10 bits per heavy atom. The molecule has 1 heterocycles. The van der Waals surface area contributed by atoms with E-state index in [9.17, 15) is 9.59 Å².